The predicted octanol–water partition coefficient (Wildman–Crippen LogP) is 2.16. The van der Waals surface area contributed by atoms with E-state index in [1.807, 2.05) is 54.0 Å². The van der Waals surface area contributed by atoms with Crippen LogP contribution in [0, 0.1) is 0 Å². The van der Waals surface area contributed by atoms with Gasteiger partial charge in [0.15, 0.2) is 0 Å². The van der Waals surface area contributed by atoms with E-state index in [9.17, 15) is 9.59 Å². The molecule has 1 aromatic rings. The maximum Gasteiger partial charge on any atom is 0.224 e. The first kappa shape index (κ1) is 17.0. The first-order valence-corrected chi connectivity index (χ1v) is 8.76. The molecule has 0 spiro atoms. The number of benzene rings is 1. The Balaban J connectivity index is 1.64. The van der Waals surface area contributed by atoms with E-state index in [1.165, 1.54) is 0 Å². The van der Waals surface area contributed by atoms with Crippen LogP contribution in [0.25, 0.3) is 0 Å². The molecule has 3 rings (SSSR count). The number of carbonyl (C=O) groups is 2. The minimum atomic E-state index is -0.470. The summed E-state index contributed by atoms with van der Waals surface area (Å²) in [6.45, 7) is 6.48. The largest absolute Gasteiger partial charge is 0.367 e. The monoisotopic (exact) mass is 330 g/mol. The Labute approximate surface area is 143 Å². The lowest BCUT2D eigenvalue weighted by Crippen LogP contribution is -2.51. The van der Waals surface area contributed by atoms with Crippen molar-refractivity contribution in [3.05, 3.63) is 35.9 Å². The van der Waals surface area contributed by atoms with Crippen molar-refractivity contribution in [2.24, 2.45) is 0 Å². The quantitative estimate of drug-likeness (QED) is 0.850. The van der Waals surface area contributed by atoms with Crippen LogP contribution in [0.4, 0.5) is 0 Å². The molecular formula is C19H26N2O3. The Hall–Kier alpha value is -1.88. The van der Waals surface area contributed by atoms with Crippen LogP contribution in [0.5, 0.6) is 0 Å². The van der Waals surface area contributed by atoms with Gasteiger partial charge in [-0.3, -0.25) is 9.59 Å². The summed E-state index contributed by atoms with van der Waals surface area (Å²) >= 11 is 0. The smallest absolute Gasteiger partial charge is 0.224 e. The van der Waals surface area contributed by atoms with E-state index < -0.39 is 5.60 Å². The lowest BCUT2D eigenvalue weighted by atomic mass is 9.93. The number of nitrogens with zero attached hydrogens (tertiary/aromatic N) is 2. The topological polar surface area (TPSA) is 49.9 Å². The molecule has 130 valence electrons. The van der Waals surface area contributed by atoms with E-state index in [1.54, 1.807) is 0 Å². The maximum atomic E-state index is 12.7. The van der Waals surface area contributed by atoms with Gasteiger partial charge in [0, 0.05) is 32.0 Å². The predicted molar refractivity (Wildman–Crippen MR) is 91.4 cm³/mol. The van der Waals surface area contributed by atoms with Crippen LogP contribution in [0.2, 0.25) is 0 Å². The molecule has 0 saturated carbocycles. The van der Waals surface area contributed by atoms with Crippen molar-refractivity contribution in [2.45, 2.75) is 44.8 Å². The fraction of sp³-hybridized carbons (Fsp3) is 0.579. The Kier molecular flexibility index (Phi) is 4.90. The second-order valence-corrected chi connectivity index (χ2v) is 7.00. The molecule has 0 aliphatic carbocycles. The zero-order chi connectivity index (χ0) is 17.2. The molecule has 2 amide bonds. The van der Waals surface area contributed by atoms with Gasteiger partial charge >= 0.3 is 0 Å². The second-order valence-electron chi connectivity index (χ2n) is 7.00. The van der Waals surface area contributed by atoms with Gasteiger partial charge in [0.25, 0.3) is 0 Å². The Bertz CT molecular complexity index is 604. The van der Waals surface area contributed by atoms with E-state index in [-0.39, 0.29) is 17.9 Å². The number of hydrogen-bond acceptors (Lipinski definition) is 3. The highest BCUT2D eigenvalue weighted by Crippen LogP contribution is 2.29. The summed E-state index contributed by atoms with van der Waals surface area (Å²) in [6.07, 6.45) is 1.90. The number of amides is 2. The molecule has 2 unspecified atom stereocenters. The summed E-state index contributed by atoms with van der Waals surface area (Å²) in [6, 6.07) is 10.0. The maximum absolute atomic E-state index is 12.7. The molecule has 2 atom stereocenters. The van der Waals surface area contributed by atoms with Gasteiger partial charge in [-0.25, -0.2) is 0 Å². The lowest BCUT2D eigenvalue weighted by Gasteiger charge is -2.41. The van der Waals surface area contributed by atoms with Crippen LogP contribution in [0.1, 0.15) is 38.7 Å². The third kappa shape index (κ3) is 3.46. The van der Waals surface area contributed by atoms with Crippen molar-refractivity contribution in [1.29, 1.82) is 0 Å². The van der Waals surface area contributed by atoms with Crippen molar-refractivity contribution in [1.82, 2.24) is 9.80 Å². The molecule has 0 bridgehead atoms. The van der Waals surface area contributed by atoms with E-state index in [2.05, 4.69) is 0 Å². The summed E-state index contributed by atoms with van der Waals surface area (Å²) in [7, 11) is 0. The summed E-state index contributed by atoms with van der Waals surface area (Å²) in [5.41, 5.74) is 0.618. The number of morpholine rings is 1. The molecule has 0 radical (unpaired) electrons. The summed E-state index contributed by atoms with van der Waals surface area (Å²) in [4.78, 5) is 28.3. The van der Waals surface area contributed by atoms with Gasteiger partial charge in [-0.15, -0.1) is 0 Å². The van der Waals surface area contributed by atoms with E-state index in [4.69, 9.17) is 4.74 Å². The normalized spacial score (nSPS) is 25.8. The number of likely N-dealkylation sites (tertiary alicyclic amines) is 1. The highest BCUT2D eigenvalue weighted by molar-refractivity contribution is 5.81. The minimum Gasteiger partial charge on any atom is -0.367 e. The third-order valence-corrected chi connectivity index (χ3v) is 5.12. The average Bonchev–Trinajstić information content (AvgIpc) is 3.02. The Morgan fingerprint density at radius 2 is 2.04 bits per heavy atom. The van der Waals surface area contributed by atoms with Crippen molar-refractivity contribution < 1.29 is 14.3 Å². The molecule has 5 nitrogen and oxygen atoms in total. The molecule has 0 aromatic heterocycles. The van der Waals surface area contributed by atoms with Crippen LogP contribution in [-0.2, 0) is 19.9 Å². The summed E-state index contributed by atoms with van der Waals surface area (Å²) in [5, 5.41) is 0. The average molecular weight is 330 g/mol. The Morgan fingerprint density at radius 1 is 1.29 bits per heavy atom. The van der Waals surface area contributed by atoms with Gasteiger partial charge in [-0.1, -0.05) is 30.3 Å². The molecule has 2 fully saturated rings. The van der Waals surface area contributed by atoms with Gasteiger partial charge in [0.1, 0.15) is 5.60 Å². The van der Waals surface area contributed by atoms with Gasteiger partial charge in [-0.2, -0.15) is 0 Å². The van der Waals surface area contributed by atoms with Gasteiger partial charge in [-0.05, 0) is 25.8 Å². The van der Waals surface area contributed by atoms with Crippen molar-refractivity contribution in [3.63, 3.8) is 0 Å². The van der Waals surface area contributed by atoms with Crippen molar-refractivity contribution >= 4 is 11.8 Å². The first-order chi connectivity index (χ1) is 11.5. The third-order valence-electron chi connectivity index (χ3n) is 5.12. The highest BCUT2D eigenvalue weighted by atomic mass is 16.5. The van der Waals surface area contributed by atoms with Gasteiger partial charge in [0.2, 0.25) is 11.8 Å². The van der Waals surface area contributed by atoms with Crippen LogP contribution in [0.15, 0.2) is 30.3 Å². The van der Waals surface area contributed by atoms with Crippen LogP contribution < -0.4 is 0 Å². The van der Waals surface area contributed by atoms with E-state index in [0.29, 0.717) is 32.5 Å². The standard InChI is InChI=1S/C19H26N2O3/c1-15(21-10-6-9-17(21)22)13-18(23)20-11-12-24-19(2,14-20)16-7-4-3-5-8-16/h3-5,7-8,15H,6,9-14H2,1-2H3. The molecule has 24 heavy (non-hydrogen) atoms. The lowest BCUT2D eigenvalue weighted by molar-refractivity contribution is -0.151. The Morgan fingerprint density at radius 3 is 2.71 bits per heavy atom. The van der Waals surface area contributed by atoms with Crippen LogP contribution in [-0.4, -0.2) is 53.9 Å². The van der Waals surface area contributed by atoms with Gasteiger partial charge in [0.05, 0.1) is 13.2 Å². The molecule has 2 saturated heterocycles. The SMILES string of the molecule is CC(CC(=O)N1CCOC(C)(c2ccccc2)C1)N1CCCC1=O. The van der Waals surface area contributed by atoms with E-state index in [0.717, 1.165) is 18.5 Å². The fourth-order valence-corrected chi connectivity index (χ4v) is 3.68. The molecule has 2 heterocycles. The van der Waals surface area contributed by atoms with Crippen molar-refractivity contribution in [3.8, 4) is 0 Å². The molecular weight excluding hydrogens is 304 g/mol. The van der Waals surface area contributed by atoms with Crippen LogP contribution in [0.3, 0.4) is 0 Å². The van der Waals surface area contributed by atoms with Gasteiger partial charge < -0.3 is 14.5 Å². The van der Waals surface area contributed by atoms with Crippen LogP contribution >= 0.6 is 0 Å². The number of hydrogen-bond donors (Lipinski definition) is 0. The van der Waals surface area contributed by atoms with Crippen molar-refractivity contribution in [2.75, 3.05) is 26.2 Å². The molecule has 2 aliphatic heterocycles. The fourth-order valence-electron chi connectivity index (χ4n) is 3.68. The van der Waals surface area contributed by atoms with E-state index >= 15 is 0 Å². The first-order valence-electron chi connectivity index (χ1n) is 8.76. The highest BCUT2D eigenvalue weighted by Gasteiger charge is 2.36. The zero-order valence-corrected chi connectivity index (χ0v) is 14.5. The molecule has 2 aliphatic rings. The number of carbonyl (C=O) groups excluding carboxylic acids is 2. The number of rotatable bonds is 4. The minimum absolute atomic E-state index is 0.0293. The zero-order valence-electron chi connectivity index (χ0n) is 14.5. The molecule has 0 N–H and O–H groups in total. The molecule has 5 heteroatoms. The number of ether oxygens (including phenoxy) is 1. The molecule has 1 aromatic carbocycles. The summed E-state index contributed by atoms with van der Waals surface area (Å²) < 4.78 is 6.00. The second kappa shape index (κ2) is 6.93. The summed E-state index contributed by atoms with van der Waals surface area (Å²) in [5.74, 6) is 0.277.